The predicted molar refractivity (Wildman–Crippen MR) is 46.9 cm³/mol. The molecule has 0 fully saturated rings. The molecule has 0 bridgehead atoms. The summed E-state index contributed by atoms with van der Waals surface area (Å²) in [6, 6.07) is 0. The van der Waals surface area contributed by atoms with Crippen LogP contribution in [0.15, 0.2) is 12.4 Å². The first-order valence-electron chi connectivity index (χ1n) is 3.89. The molecule has 0 aliphatic heterocycles. The Bertz CT molecular complexity index is 233. The van der Waals surface area contributed by atoms with Crippen LogP contribution in [-0.4, -0.2) is 27.7 Å². The summed E-state index contributed by atoms with van der Waals surface area (Å²) in [4.78, 5) is 8.03. The number of hydrogen-bond acceptors (Lipinski definition) is 4. The number of aliphatic hydroxyl groups is 1. The number of rotatable bonds is 3. The summed E-state index contributed by atoms with van der Waals surface area (Å²) < 4.78 is 0. The van der Waals surface area contributed by atoms with Crippen LogP contribution in [0.5, 0.6) is 0 Å². The van der Waals surface area contributed by atoms with Crippen molar-refractivity contribution in [1.82, 2.24) is 9.97 Å². The van der Waals surface area contributed by atoms with Gasteiger partial charge in [0.15, 0.2) is 0 Å². The smallest absolute Gasteiger partial charge is 0.222 e. The molecule has 1 unspecified atom stereocenters. The molecule has 1 aromatic heterocycles. The topological polar surface area (TPSA) is 58.0 Å². The molecule has 0 amide bonds. The van der Waals surface area contributed by atoms with Gasteiger partial charge in [-0.15, -0.1) is 0 Å². The summed E-state index contributed by atoms with van der Waals surface area (Å²) in [5, 5.41) is 11.8. The summed E-state index contributed by atoms with van der Waals surface area (Å²) in [5.74, 6) is 0.557. The van der Waals surface area contributed by atoms with Gasteiger partial charge >= 0.3 is 0 Å². The number of aromatic nitrogens is 2. The van der Waals surface area contributed by atoms with Gasteiger partial charge in [-0.25, -0.2) is 9.97 Å². The monoisotopic (exact) mass is 167 g/mol. The fraction of sp³-hybridized carbons (Fsp3) is 0.500. The first-order chi connectivity index (χ1) is 5.68. The van der Waals surface area contributed by atoms with Gasteiger partial charge in [0.2, 0.25) is 5.95 Å². The van der Waals surface area contributed by atoms with Crippen molar-refractivity contribution in [2.45, 2.75) is 20.0 Å². The van der Waals surface area contributed by atoms with E-state index in [4.69, 9.17) is 5.11 Å². The van der Waals surface area contributed by atoms with Gasteiger partial charge in [0.05, 0.1) is 6.10 Å². The molecular formula is C8H13N3O. The van der Waals surface area contributed by atoms with Crippen LogP contribution in [0.1, 0.15) is 12.5 Å². The van der Waals surface area contributed by atoms with Crippen molar-refractivity contribution in [2.24, 2.45) is 0 Å². The third-order valence-electron chi connectivity index (χ3n) is 1.34. The van der Waals surface area contributed by atoms with Gasteiger partial charge < -0.3 is 10.4 Å². The maximum Gasteiger partial charge on any atom is 0.222 e. The maximum absolute atomic E-state index is 8.95. The van der Waals surface area contributed by atoms with Gasteiger partial charge in [-0.1, -0.05) is 0 Å². The largest absolute Gasteiger partial charge is 0.392 e. The van der Waals surface area contributed by atoms with Crippen LogP contribution >= 0.6 is 0 Å². The molecule has 1 heterocycles. The zero-order valence-electron chi connectivity index (χ0n) is 7.28. The van der Waals surface area contributed by atoms with E-state index in [-0.39, 0.29) is 6.10 Å². The molecule has 0 aromatic carbocycles. The predicted octanol–water partition coefficient (Wildman–Crippen LogP) is 0.578. The highest BCUT2D eigenvalue weighted by atomic mass is 16.3. The number of anilines is 1. The summed E-state index contributed by atoms with van der Waals surface area (Å²) in [6.07, 6.45) is 3.09. The van der Waals surface area contributed by atoms with E-state index in [9.17, 15) is 0 Å². The van der Waals surface area contributed by atoms with E-state index in [2.05, 4.69) is 15.3 Å². The Labute approximate surface area is 71.7 Å². The highest BCUT2D eigenvalue weighted by Gasteiger charge is 1.96. The molecular weight excluding hydrogens is 154 g/mol. The highest BCUT2D eigenvalue weighted by Crippen LogP contribution is 1.97. The van der Waals surface area contributed by atoms with E-state index in [0.717, 1.165) is 5.56 Å². The molecule has 4 nitrogen and oxygen atoms in total. The molecule has 1 atom stereocenters. The van der Waals surface area contributed by atoms with Crippen molar-refractivity contribution in [3.8, 4) is 0 Å². The van der Waals surface area contributed by atoms with E-state index in [0.29, 0.717) is 12.5 Å². The summed E-state index contributed by atoms with van der Waals surface area (Å²) in [7, 11) is 0. The Morgan fingerprint density at radius 3 is 2.58 bits per heavy atom. The average Bonchev–Trinajstić information content (AvgIpc) is 2.03. The van der Waals surface area contributed by atoms with Crippen molar-refractivity contribution >= 4 is 5.95 Å². The number of nitrogens with zero attached hydrogens (tertiary/aromatic N) is 2. The van der Waals surface area contributed by atoms with E-state index in [1.54, 1.807) is 19.3 Å². The van der Waals surface area contributed by atoms with Crippen molar-refractivity contribution in [3.05, 3.63) is 18.0 Å². The van der Waals surface area contributed by atoms with Gasteiger partial charge in [0.25, 0.3) is 0 Å². The van der Waals surface area contributed by atoms with Gasteiger partial charge in [0.1, 0.15) is 0 Å². The Hall–Kier alpha value is -1.16. The van der Waals surface area contributed by atoms with Crippen LogP contribution in [0.4, 0.5) is 5.95 Å². The summed E-state index contributed by atoms with van der Waals surface area (Å²) >= 11 is 0. The lowest BCUT2D eigenvalue weighted by Crippen LogP contribution is -2.16. The molecule has 0 aliphatic carbocycles. The minimum atomic E-state index is -0.380. The number of aliphatic hydroxyl groups excluding tert-OH is 1. The molecule has 12 heavy (non-hydrogen) atoms. The van der Waals surface area contributed by atoms with E-state index in [1.807, 2.05) is 6.92 Å². The second-order valence-corrected chi connectivity index (χ2v) is 2.81. The Balaban J connectivity index is 2.48. The maximum atomic E-state index is 8.95. The zero-order chi connectivity index (χ0) is 8.97. The van der Waals surface area contributed by atoms with Crippen LogP contribution in [0.3, 0.4) is 0 Å². The molecule has 2 N–H and O–H groups in total. The Kier molecular flexibility index (Phi) is 2.99. The molecule has 4 heteroatoms. The average molecular weight is 167 g/mol. The SMILES string of the molecule is Cc1cnc(NCC(C)O)nc1. The van der Waals surface area contributed by atoms with Crippen LogP contribution in [0, 0.1) is 6.92 Å². The van der Waals surface area contributed by atoms with Crippen LogP contribution < -0.4 is 5.32 Å². The highest BCUT2D eigenvalue weighted by molar-refractivity contribution is 5.24. The fourth-order valence-electron chi connectivity index (χ4n) is 0.723. The molecule has 0 saturated carbocycles. The molecule has 0 radical (unpaired) electrons. The van der Waals surface area contributed by atoms with Gasteiger partial charge in [-0.2, -0.15) is 0 Å². The minimum absolute atomic E-state index is 0.380. The second-order valence-electron chi connectivity index (χ2n) is 2.81. The van der Waals surface area contributed by atoms with Crippen molar-refractivity contribution in [3.63, 3.8) is 0 Å². The summed E-state index contributed by atoms with van der Waals surface area (Å²) in [5.41, 5.74) is 1.03. The van der Waals surface area contributed by atoms with Crippen LogP contribution in [0.2, 0.25) is 0 Å². The minimum Gasteiger partial charge on any atom is -0.392 e. The van der Waals surface area contributed by atoms with Crippen LogP contribution in [0.25, 0.3) is 0 Å². The Morgan fingerprint density at radius 1 is 1.50 bits per heavy atom. The summed E-state index contributed by atoms with van der Waals surface area (Å²) in [6.45, 7) is 4.11. The van der Waals surface area contributed by atoms with Gasteiger partial charge in [0, 0.05) is 18.9 Å². The zero-order valence-corrected chi connectivity index (χ0v) is 7.28. The van der Waals surface area contributed by atoms with Gasteiger partial charge in [-0.05, 0) is 19.4 Å². The lowest BCUT2D eigenvalue weighted by molar-refractivity contribution is 0.208. The van der Waals surface area contributed by atoms with Gasteiger partial charge in [-0.3, -0.25) is 0 Å². The normalized spacial score (nSPS) is 12.6. The van der Waals surface area contributed by atoms with Crippen molar-refractivity contribution in [1.29, 1.82) is 0 Å². The molecule has 66 valence electrons. The third-order valence-corrected chi connectivity index (χ3v) is 1.34. The standard InChI is InChI=1S/C8H13N3O/c1-6-3-9-8(10-4-6)11-5-7(2)12/h3-4,7,12H,5H2,1-2H3,(H,9,10,11). The molecule has 1 aromatic rings. The van der Waals surface area contributed by atoms with E-state index < -0.39 is 0 Å². The second kappa shape index (κ2) is 4.01. The first kappa shape index (κ1) is 8.93. The number of aryl methyl sites for hydroxylation is 1. The van der Waals surface area contributed by atoms with E-state index >= 15 is 0 Å². The lowest BCUT2D eigenvalue weighted by Gasteiger charge is -2.05. The lowest BCUT2D eigenvalue weighted by atomic mass is 10.4. The molecule has 0 aliphatic rings. The Morgan fingerprint density at radius 2 is 2.08 bits per heavy atom. The fourth-order valence-corrected chi connectivity index (χ4v) is 0.723. The third kappa shape index (κ3) is 2.84. The van der Waals surface area contributed by atoms with Crippen LogP contribution in [-0.2, 0) is 0 Å². The molecule has 1 rings (SSSR count). The quantitative estimate of drug-likeness (QED) is 0.691. The van der Waals surface area contributed by atoms with E-state index in [1.165, 1.54) is 0 Å². The van der Waals surface area contributed by atoms with Crippen molar-refractivity contribution in [2.75, 3.05) is 11.9 Å². The molecule has 0 saturated heterocycles. The molecule has 0 spiro atoms. The number of nitrogens with one attached hydrogen (secondary N) is 1. The first-order valence-corrected chi connectivity index (χ1v) is 3.89. The van der Waals surface area contributed by atoms with Crippen molar-refractivity contribution < 1.29 is 5.11 Å². The number of hydrogen-bond donors (Lipinski definition) is 2.